The van der Waals surface area contributed by atoms with Crippen molar-refractivity contribution < 1.29 is 8.42 Å². The lowest BCUT2D eigenvalue weighted by Gasteiger charge is -2.23. The molecule has 0 saturated carbocycles. The highest BCUT2D eigenvalue weighted by Crippen LogP contribution is 2.26. The molecule has 8 heteroatoms. The van der Waals surface area contributed by atoms with Crippen LogP contribution in [0.2, 0.25) is 0 Å². The molecule has 21 heavy (non-hydrogen) atoms. The van der Waals surface area contributed by atoms with Gasteiger partial charge in [-0.25, -0.2) is 18.4 Å². The maximum Gasteiger partial charge on any atom is 0.262 e. The average molecular weight is 309 g/mol. The lowest BCUT2D eigenvalue weighted by Crippen LogP contribution is -2.38. The fourth-order valence-corrected chi connectivity index (χ4v) is 4.43. The number of hydrogen-bond donors (Lipinski definition) is 0. The topological polar surface area (TPSA) is 73.0 Å². The molecule has 3 rings (SSSR count). The van der Waals surface area contributed by atoms with Gasteiger partial charge in [0.1, 0.15) is 5.82 Å². The minimum atomic E-state index is -3.52. The molecule has 2 aromatic rings. The Bertz CT molecular complexity index is 733. The first-order valence-electron chi connectivity index (χ1n) is 6.96. The summed E-state index contributed by atoms with van der Waals surface area (Å²) in [6.07, 6.45) is 8.43. The van der Waals surface area contributed by atoms with E-state index < -0.39 is 10.0 Å². The number of hydrogen-bond acceptors (Lipinski definition) is 4. The number of rotatable bonds is 4. The monoisotopic (exact) mass is 309 g/mol. The molecule has 0 bridgehead atoms. The normalized spacial score (nSPS) is 20.2. The molecule has 114 valence electrons. The van der Waals surface area contributed by atoms with Crippen molar-refractivity contribution >= 4 is 10.0 Å². The second-order valence-electron chi connectivity index (χ2n) is 5.42. The van der Waals surface area contributed by atoms with Crippen LogP contribution in [0.4, 0.5) is 0 Å². The minimum Gasteiger partial charge on any atom is -0.339 e. The van der Waals surface area contributed by atoms with Gasteiger partial charge < -0.3 is 9.13 Å². The van der Waals surface area contributed by atoms with Crippen molar-refractivity contribution in [1.29, 1.82) is 0 Å². The molecule has 1 aliphatic rings. The Morgan fingerprint density at radius 1 is 1.38 bits per heavy atom. The van der Waals surface area contributed by atoms with Crippen LogP contribution in [-0.4, -0.2) is 44.4 Å². The van der Waals surface area contributed by atoms with Crippen molar-refractivity contribution in [2.45, 2.75) is 37.4 Å². The van der Waals surface area contributed by atoms with Crippen molar-refractivity contribution in [3.63, 3.8) is 0 Å². The van der Waals surface area contributed by atoms with Gasteiger partial charge in [0.15, 0.2) is 5.03 Å². The predicted molar refractivity (Wildman–Crippen MR) is 77.1 cm³/mol. The second kappa shape index (κ2) is 5.27. The fourth-order valence-electron chi connectivity index (χ4n) is 2.77. The summed E-state index contributed by atoms with van der Waals surface area (Å²) in [6, 6.07) is -0.0371. The van der Waals surface area contributed by atoms with E-state index in [0.29, 0.717) is 13.1 Å². The van der Waals surface area contributed by atoms with Crippen molar-refractivity contribution in [2.75, 3.05) is 6.54 Å². The molecule has 7 nitrogen and oxygen atoms in total. The molecule has 0 aliphatic carbocycles. The molecule has 1 saturated heterocycles. The van der Waals surface area contributed by atoms with Crippen molar-refractivity contribution in [3.05, 3.63) is 30.7 Å². The van der Waals surface area contributed by atoms with E-state index in [4.69, 9.17) is 0 Å². The van der Waals surface area contributed by atoms with E-state index in [1.807, 2.05) is 17.7 Å². The first-order chi connectivity index (χ1) is 9.98. The van der Waals surface area contributed by atoms with Crippen molar-refractivity contribution in [3.8, 4) is 0 Å². The van der Waals surface area contributed by atoms with Gasteiger partial charge in [0.25, 0.3) is 10.0 Å². The zero-order valence-corrected chi connectivity index (χ0v) is 13.0. The molecule has 1 fully saturated rings. The maximum absolute atomic E-state index is 12.7. The standard InChI is InChI=1S/C13H19N5O2S/c1-11-14-5-7-17(11)8-12-4-3-6-18(12)21(19,20)13-9-16(2)10-15-13/h5,7,9-10,12H,3-4,6,8H2,1-2H3. The quantitative estimate of drug-likeness (QED) is 0.836. The Hall–Kier alpha value is -1.67. The van der Waals surface area contributed by atoms with Gasteiger partial charge >= 0.3 is 0 Å². The Kier molecular flexibility index (Phi) is 3.58. The second-order valence-corrected chi connectivity index (χ2v) is 7.25. The molecule has 2 aromatic heterocycles. The molecule has 0 amide bonds. The lowest BCUT2D eigenvalue weighted by atomic mass is 10.2. The summed E-state index contributed by atoms with van der Waals surface area (Å²) >= 11 is 0. The molecule has 0 radical (unpaired) electrons. The maximum atomic E-state index is 12.7. The van der Waals surface area contributed by atoms with Gasteiger partial charge in [0.05, 0.1) is 6.33 Å². The van der Waals surface area contributed by atoms with Crippen LogP contribution in [0.3, 0.4) is 0 Å². The van der Waals surface area contributed by atoms with Gasteiger partial charge in [-0.2, -0.15) is 4.31 Å². The summed E-state index contributed by atoms with van der Waals surface area (Å²) in [7, 11) is -1.75. The average Bonchev–Trinajstić information content (AvgIpc) is 3.13. The van der Waals surface area contributed by atoms with Gasteiger partial charge in [-0.15, -0.1) is 0 Å². The van der Waals surface area contributed by atoms with Crippen LogP contribution in [0.1, 0.15) is 18.7 Å². The van der Waals surface area contributed by atoms with E-state index in [1.54, 1.807) is 28.3 Å². The van der Waals surface area contributed by atoms with Gasteiger partial charge in [-0.05, 0) is 19.8 Å². The zero-order valence-electron chi connectivity index (χ0n) is 12.2. The summed E-state index contributed by atoms with van der Waals surface area (Å²) in [4.78, 5) is 8.18. The Balaban J connectivity index is 1.85. The first-order valence-corrected chi connectivity index (χ1v) is 8.40. The van der Waals surface area contributed by atoms with Gasteiger partial charge in [0.2, 0.25) is 0 Å². The van der Waals surface area contributed by atoms with E-state index in [0.717, 1.165) is 18.7 Å². The molecular formula is C13H19N5O2S. The van der Waals surface area contributed by atoms with Crippen molar-refractivity contribution in [1.82, 2.24) is 23.4 Å². The number of aromatic nitrogens is 4. The number of nitrogens with zero attached hydrogens (tertiary/aromatic N) is 5. The summed E-state index contributed by atoms with van der Waals surface area (Å²) < 4.78 is 30.6. The van der Waals surface area contributed by atoms with E-state index in [-0.39, 0.29) is 11.1 Å². The van der Waals surface area contributed by atoms with Gasteiger partial charge in [-0.3, -0.25) is 0 Å². The minimum absolute atomic E-state index is 0.0371. The third-order valence-electron chi connectivity index (χ3n) is 3.91. The largest absolute Gasteiger partial charge is 0.339 e. The molecule has 0 aromatic carbocycles. The number of sulfonamides is 1. The Labute approximate surface area is 124 Å². The fraction of sp³-hybridized carbons (Fsp3) is 0.538. The van der Waals surface area contributed by atoms with E-state index in [9.17, 15) is 8.42 Å². The molecule has 0 spiro atoms. The number of aryl methyl sites for hydroxylation is 2. The van der Waals surface area contributed by atoms with Crippen LogP contribution in [0.25, 0.3) is 0 Å². The predicted octanol–water partition coefficient (Wildman–Crippen LogP) is 0.778. The smallest absolute Gasteiger partial charge is 0.262 e. The summed E-state index contributed by atoms with van der Waals surface area (Å²) in [5.41, 5.74) is 0. The molecule has 3 heterocycles. The van der Waals surface area contributed by atoms with E-state index >= 15 is 0 Å². The number of imidazole rings is 2. The molecule has 1 aliphatic heterocycles. The summed E-state index contributed by atoms with van der Waals surface area (Å²) in [6.45, 7) is 3.11. The van der Waals surface area contributed by atoms with Crippen LogP contribution in [0.5, 0.6) is 0 Å². The molecule has 1 unspecified atom stereocenters. The van der Waals surface area contributed by atoms with Gasteiger partial charge in [-0.1, -0.05) is 0 Å². The zero-order chi connectivity index (χ0) is 15.0. The Morgan fingerprint density at radius 2 is 2.19 bits per heavy atom. The van der Waals surface area contributed by atoms with Crippen LogP contribution in [0, 0.1) is 6.92 Å². The first kappa shape index (κ1) is 14.3. The molecular weight excluding hydrogens is 290 g/mol. The lowest BCUT2D eigenvalue weighted by molar-refractivity contribution is 0.349. The van der Waals surface area contributed by atoms with Crippen LogP contribution in [-0.2, 0) is 23.6 Å². The SMILES string of the molecule is Cc1nccn1CC1CCCN1S(=O)(=O)c1cn(C)cn1. The third kappa shape index (κ3) is 2.60. The van der Waals surface area contributed by atoms with E-state index in [1.165, 1.54) is 6.33 Å². The summed E-state index contributed by atoms with van der Waals surface area (Å²) in [5.74, 6) is 0.900. The summed E-state index contributed by atoms with van der Waals surface area (Å²) in [5, 5.41) is 0.124. The highest BCUT2D eigenvalue weighted by Gasteiger charge is 2.36. The molecule has 1 atom stereocenters. The van der Waals surface area contributed by atoms with Crippen LogP contribution >= 0.6 is 0 Å². The van der Waals surface area contributed by atoms with Crippen LogP contribution < -0.4 is 0 Å². The molecule has 0 N–H and O–H groups in total. The van der Waals surface area contributed by atoms with Crippen molar-refractivity contribution in [2.24, 2.45) is 7.05 Å². The third-order valence-corrected chi connectivity index (χ3v) is 5.75. The highest BCUT2D eigenvalue weighted by atomic mass is 32.2. The highest BCUT2D eigenvalue weighted by molar-refractivity contribution is 7.89. The Morgan fingerprint density at radius 3 is 2.81 bits per heavy atom. The van der Waals surface area contributed by atoms with Crippen LogP contribution in [0.15, 0.2) is 29.9 Å². The van der Waals surface area contributed by atoms with E-state index in [2.05, 4.69) is 9.97 Å². The van der Waals surface area contributed by atoms with Gasteiger partial charge in [0, 0.05) is 44.8 Å².